The summed E-state index contributed by atoms with van der Waals surface area (Å²) in [6.45, 7) is 4.25. The molecule has 9 nitrogen and oxygen atoms in total. The Morgan fingerprint density at radius 2 is 1.84 bits per heavy atom. The van der Waals surface area contributed by atoms with Gasteiger partial charge >= 0.3 is 6.03 Å². The second-order valence-corrected chi connectivity index (χ2v) is 10.6. The van der Waals surface area contributed by atoms with Crippen LogP contribution in [0.3, 0.4) is 0 Å². The predicted molar refractivity (Wildman–Crippen MR) is 161 cm³/mol. The molecule has 1 N–H and O–H groups in total. The van der Waals surface area contributed by atoms with Gasteiger partial charge in [-0.1, -0.05) is 41.9 Å². The molecule has 2 aliphatic rings. The van der Waals surface area contributed by atoms with E-state index in [2.05, 4.69) is 33.4 Å². The summed E-state index contributed by atoms with van der Waals surface area (Å²) in [7, 11) is 1.87. The normalized spacial score (nSPS) is 14.4. The minimum absolute atomic E-state index is 0.0665. The Morgan fingerprint density at radius 1 is 1.09 bits per heavy atom. The number of aromatic nitrogens is 2. The molecule has 2 aliphatic heterocycles. The highest BCUT2D eigenvalue weighted by Crippen LogP contribution is 2.31. The quantitative estimate of drug-likeness (QED) is 0.281. The molecule has 3 amide bonds. The number of benzene rings is 3. The van der Waals surface area contributed by atoms with Gasteiger partial charge < -0.3 is 9.30 Å². The number of anilines is 1. The average molecular weight is 601 g/mol. The fraction of sp³-hybridized carbons (Fsp3) is 0.250. The molecule has 0 spiro atoms. The molecule has 3 aromatic carbocycles. The monoisotopic (exact) mass is 600 g/mol. The third kappa shape index (κ3) is 6.69. The molecule has 43 heavy (non-hydrogen) atoms. The Labute approximate surface area is 254 Å². The van der Waals surface area contributed by atoms with Gasteiger partial charge in [0.1, 0.15) is 29.8 Å². The molecule has 0 unspecified atom stereocenters. The molecule has 11 heteroatoms. The zero-order valence-electron chi connectivity index (χ0n) is 23.8. The van der Waals surface area contributed by atoms with Crippen molar-refractivity contribution in [3.05, 3.63) is 100.0 Å². The van der Waals surface area contributed by atoms with E-state index in [-0.39, 0.29) is 24.8 Å². The Balaban J connectivity index is 0.00000118. The van der Waals surface area contributed by atoms with E-state index in [0.29, 0.717) is 28.7 Å². The first-order chi connectivity index (χ1) is 20.8. The number of nitrogens with one attached hydrogen (secondary N) is 1. The van der Waals surface area contributed by atoms with E-state index in [1.165, 1.54) is 24.1 Å². The maximum Gasteiger partial charge on any atom is 0.329 e. The zero-order chi connectivity index (χ0) is 30.5. The molecule has 1 saturated heterocycles. The lowest BCUT2D eigenvalue weighted by Gasteiger charge is -2.26. The number of imidazole rings is 1. The number of imide groups is 1. The number of carbonyl (C=O) groups is 2. The smallest absolute Gasteiger partial charge is 0.329 e. The summed E-state index contributed by atoms with van der Waals surface area (Å²) in [5, 5.41) is 10.0. The maximum atomic E-state index is 14.0. The number of nitrogens with zero attached hydrogens (tertiary/aromatic N) is 5. The van der Waals surface area contributed by atoms with Crippen LogP contribution in [0.25, 0.3) is 11.4 Å². The molecule has 0 aliphatic carbocycles. The molecular formula is C32H30ClFN6O3. The fourth-order valence-electron chi connectivity index (χ4n) is 5.19. The maximum absolute atomic E-state index is 14.0. The first kappa shape index (κ1) is 29.8. The molecule has 220 valence electrons. The van der Waals surface area contributed by atoms with Crippen molar-refractivity contribution in [2.24, 2.45) is 7.05 Å². The first-order valence-corrected chi connectivity index (χ1v) is 14.1. The first-order valence-electron chi connectivity index (χ1n) is 13.7. The number of rotatable bonds is 7. The number of carbonyl (C=O) groups excluding carboxylic acids is 2. The summed E-state index contributed by atoms with van der Waals surface area (Å²) >= 11 is 6.09. The Kier molecular flexibility index (Phi) is 9.04. The highest BCUT2D eigenvalue weighted by Gasteiger charge is 2.27. The van der Waals surface area contributed by atoms with Crippen LogP contribution < -0.4 is 15.0 Å². The van der Waals surface area contributed by atoms with E-state index in [1.807, 2.05) is 35.9 Å². The summed E-state index contributed by atoms with van der Waals surface area (Å²) in [5.41, 5.74) is 4.98. The molecule has 3 heterocycles. The number of halogens is 2. The molecular weight excluding hydrogens is 571 g/mol. The highest BCUT2D eigenvalue weighted by atomic mass is 35.5. The van der Waals surface area contributed by atoms with Gasteiger partial charge in [-0.3, -0.25) is 19.9 Å². The van der Waals surface area contributed by atoms with Gasteiger partial charge in [0, 0.05) is 57.7 Å². The number of fused-ring (bicyclic) bond motifs is 1. The lowest BCUT2D eigenvalue weighted by molar-refractivity contribution is -0.120. The SMILES string of the molecule is CC#N.Cn1c(N2CCC(=O)NC2=O)cnc1-c1ccc2c(c1)CN(Cc1ccc(OCc3c(F)cccc3Cl)cc1)C2. The average Bonchev–Trinajstić information content (AvgIpc) is 3.56. The molecule has 0 saturated carbocycles. The number of hydrogen-bond donors (Lipinski definition) is 1. The predicted octanol–water partition coefficient (Wildman–Crippen LogP) is 5.95. The van der Waals surface area contributed by atoms with Crippen molar-refractivity contribution in [3.8, 4) is 23.2 Å². The van der Waals surface area contributed by atoms with Crippen LogP contribution in [-0.4, -0.2) is 32.9 Å². The van der Waals surface area contributed by atoms with Crippen molar-refractivity contribution in [2.75, 3.05) is 11.4 Å². The fourth-order valence-corrected chi connectivity index (χ4v) is 5.41. The third-order valence-electron chi connectivity index (χ3n) is 7.32. The van der Waals surface area contributed by atoms with Crippen LogP contribution in [0.1, 0.15) is 35.6 Å². The van der Waals surface area contributed by atoms with Crippen molar-refractivity contribution < 1.29 is 18.7 Å². The van der Waals surface area contributed by atoms with E-state index >= 15 is 0 Å². The summed E-state index contributed by atoms with van der Waals surface area (Å²) in [6, 6.07) is 20.1. The minimum atomic E-state index is -0.426. The van der Waals surface area contributed by atoms with Gasteiger partial charge in [-0.2, -0.15) is 5.26 Å². The van der Waals surface area contributed by atoms with E-state index in [4.69, 9.17) is 21.6 Å². The van der Waals surface area contributed by atoms with Crippen molar-refractivity contribution in [1.29, 1.82) is 5.26 Å². The van der Waals surface area contributed by atoms with Crippen LogP contribution in [0, 0.1) is 17.1 Å². The van der Waals surface area contributed by atoms with Gasteiger partial charge in [0.25, 0.3) is 0 Å². The number of ether oxygens (including phenoxy) is 1. The van der Waals surface area contributed by atoms with E-state index in [9.17, 15) is 14.0 Å². The van der Waals surface area contributed by atoms with Crippen LogP contribution in [0.2, 0.25) is 5.02 Å². The Hall–Kier alpha value is -4.72. The van der Waals surface area contributed by atoms with Crippen LogP contribution in [0.5, 0.6) is 5.75 Å². The molecule has 4 aromatic rings. The Morgan fingerprint density at radius 3 is 2.56 bits per heavy atom. The van der Waals surface area contributed by atoms with E-state index in [0.717, 1.165) is 36.6 Å². The largest absolute Gasteiger partial charge is 0.489 e. The zero-order valence-corrected chi connectivity index (χ0v) is 24.6. The minimum Gasteiger partial charge on any atom is -0.489 e. The molecule has 0 radical (unpaired) electrons. The van der Waals surface area contributed by atoms with Gasteiger partial charge in [0.05, 0.1) is 17.3 Å². The molecule has 6 rings (SSSR count). The standard InChI is InChI=1S/C30H27ClFN5O3.C2H3N/c1-35-28(37-12-11-27(38)34-30(37)39)14-33-29(35)20-7-8-21-16-36(17-22(21)13-20)15-19-5-9-23(10-6-19)40-18-24-25(31)3-2-4-26(24)32;1-2-3/h2-10,13-14H,11-12,15-18H2,1H3,(H,34,38,39);1H3. The van der Waals surface area contributed by atoms with Crippen molar-refractivity contribution >= 4 is 29.4 Å². The second kappa shape index (κ2) is 13.1. The van der Waals surface area contributed by atoms with Crippen molar-refractivity contribution in [1.82, 2.24) is 19.8 Å². The molecule has 1 fully saturated rings. The summed E-state index contributed by atoms with van der Waals surface area (Å²) in [4.78, 5) is 32.3. The van der Waals surface area contributed by atoms with Crippen LogP contribution >= 0.6 is 11.6 Å². The van der Waals surface area contributed by atoms with Crippen molar-refractivity contribution in [2.45, 2.75) is 39.6 Å². The Bertz CT molecular complexity index is 1680. The lowest BCUT2D eigenvalue weighted by atomic mass is 10.1. The lowest BCUT2D eigenvalue weighted by Crippen LogP contribution is -2.50. The van der Waals surface area contributed by atoms with Gasteiger partial charge in [0.15, 0.2) is 0 Å². The van der Waals surface area contributed by atoms with Crippen molar-refractivity contribution in [3.63, 3.8) is 0 Å². The van der Waals surface area contributed by atoms with Crippen LogP contribution in [0.4, 0.5) is 15.0 Å². The molecule has 0 bridgehead atoms. The van der Waals surface area contributed by atoms with Gasteiger partial charge in [-0.05, 0) is 47.0 Å². The van der Waals surface area contributed by atoms with E-state index < -0.39 is 6.03 Å². The van der Waals surface area contributed by atoms with Crippen LogP contribution in [0.15, 0.2) is 66.9 Å². The number of nitriles is 1. The summed E-state index contributed by atoms with van der Waals surface area (Å²) in [5.74, 6) is 1.41. The van der Waals surface area contributed by atoms with Crippen LogP contribution in [-0.2, 0) is 38.1 Å². The number of hydrogen-bond acceptors (Lipinski definition) is 6. The van der Waals surface area contributed by atoms with Gasteiger partial charge in [-0.25, -0.2) is 14.2 Å². The summed E-state index contributed by atoms with van der Waals surface area (Å²) < 4.78 is 21.6. The number of urea groups is 1. The second-order valence-electron chi connectivity index (χ2n) is 10.2. The van der Waals surface area contributed by atoms with Gasteiger partial charge in [0.2, 0.25) is 5.91 Å². The summed E-state index contributed by atoms with van der Waals surface area (Å²) in [6.07, 6.45) is 1.93. The molecule has 1 aromatic heterocycles. The molecule has 0 atom stereocenters. The topological polar surface area (TPSA) is 103 Å². The third-order valence-corrected chi connectivity index (χ3v) is 7.68. The number of amides is 3. The van der Waals surface area contributed by atoms with E-state index in [1.54, 1.807) is 29.3 Å². The highest BCUT2D eigenvalue weighted by molar-refractivity contribution is 6.31. The van der Waals surface area contributed by atoms with Gasteiger partial charge in [-0.15, -0.1) is 0 Å².